The highest BCUT2D eigenvalue weighted by atomic mass is 16.1. The summed E-state index contributed by atoms with van der Waals surface area (Å²) in [5, 5.41) is 2.95. The average molecular weight is 234 g/mol. The van der Waals surface area contributed by atoms with Crippen LogP contribution in [0.1, 0.15) is 57.6 Å². The quantitative estimate of drug-likeness (QED) is 0.811. The Labute approximate surface area is 104 Å². The summed E-state index contributed by atoms with van der Waals surface area (Å²) in [6.07, 6.45) is 1.69. The molecule has 3 nitrogen and oxygen atoms in total. The number of hydrogen-bond donors (Lipinski definition) is 1. The van der Waals surface area contributed by atoms with Crippen molar-refractivity contribution in [1.82, 2.24) is 10.3 Å². The first kappa shape index (κ1) is 13.7. The molecule has 0 aromatic carbocycles. The van der Waals surface area contributed by atoms with Crippen molar-refractivity contribution < 1.29 is 4.79 Å². The summed E-state index contributed by atoms with van der Waals surface area (Å²) in [6, 6.07) is 3.61. The van der Waals surface area contributed by atoms with Gasteiger partial charge in [-0.1, -0.05) is 20.8 Å². The number of carbonyl (C=O) groups excluding carboxylic acids is 1. The molecular weight excluding hydrogens is 212 g/mol. The lowest BCUT2D eigenvalue weighted by Crippen LogP contribution is -2.40. The molecule has 1 amide bonds. The Morgan fingerprint density at radius 3 is 2.24 bits per heavy atom. The predicted octanol–water partition coefficient (Wildman–Crippen LogP) is 2.91. The van der Waals surface area contributed by atoms with Crippen LogP contribution in [0.15, 0.2) is 18.3 Å². The maximum Gasteiger partial charge on any atom is 0.251 e. The van der Waals surface area contributed by atoms with Crippen molar-refractivity contribution in [3.05, 3.63) is 29.6 Å². The van der Waals surface area contributed by atoms with Crippen LogP contribution in [0.4, 0.5) is 0 Å². The maximum absolute atomic E-state index is 12.0. The van der Waals surface area contributed by atoms with Crippen LogP contribution in [-0.4, -0.2) is 16.4 Å². The van der Waals surface area contributed by atoms with Gasteiger partial charge in [-0.15, -0.1) is 0 Å². The molecule has 1 aromatic heterocycles. The summed E-state index contributed by atoms with van der Waals surface area (Å²) in [5.41, 5.74) is 1.33. The van der Waals surface area contributed by atoms with Crippen LogP contribution in [0.2, 0.25) is 0 Å². The summed E-state index contributed by atoms with van der Waals surface area (Å²) < 4.78 is 0. The second-order valence-electron chi connectivity index (χ2n) is 6.38. The van der Waals surface area contributed by atoms with E-state index in [0.29, 0.717) is 5.56 Å². The van der Waals surface area contributed by atoms with Crippen LogP contribution in [-0.2, 0) is 5.41 Å². The van der Waals surface area contributed by atoms with E-state index in [1.54, 1.807) is 12.3 Å². The molecule has 1 rings (SSSR count). The van der Waals surface area contributed by atoms with Crippen LogP contribution in [0.25, 0.3) is 0 Å². The first-order valence-electron chi connectivity index (χ1n) is 5.89. The fourth-order valence-electron chi connectivity index (χ4n) is 1.39. The highest BCUT2D eigenvalue weighted by molar-refractivity contribution is 5.94. The first-order valence-corrected chi connectivity index (χ1v) is 5.89. The molecule has 0 aliphatic rings. The molecule has 0 aliphatic carbocycles. The van der Waals surface area contributed by atoms with Gasteiger partial charge in [0.1, 0.15) is 0 Å². The zero-order chi connectivity index (χ0) is 13.3. The molecule has 3 heteroatoms. The van der Waals surface area contributed by atoms with E-state index in [2.05, 4.69) is 31.1 Å². The van der Waals surface area contributed by atoms with E-state index in [-0.39, 0.29) is 16.9 Å². The van der Waals surface area contributed by atoms with Crippen molar-refractivity contribution in [1.29, 1.82) is 0 Å². The summed E-state index contributed by atoms with van der Waals surface area (Å²) >= 11 is 0. The van der Waals surface area contributed by atoms with Gasteiger partial charge in [-0.05, 0) is 32.9 Å². The Balaban J connectivity index is 2.97. The van der Waals surface area contributed by atoms with E-state index in [1.165, 1.54) is 0 Å². The Bertz CT molecular complexity index is 411. The topological polar surface area (TPSA) is 42.0 Å². The summed E-state index contributed by atoms with van der Waals surface area (Å²) in [7, 11) is 0. The molecule has 0 saturated carbocycles. The van der Waals surface area contributed by atoms with E-state index in [0.717, 1.165) is 5.69 Å². The molecule has 0 aliphatic heterocycles. The molecule has 0 unspecified atom stereocenters. The van der Waals surface area contributed by atoms with Gasteiger partial charge in [-0.25, -0.2) is 0 Å². The van der Waals surface area contributed by atoms with E-state index in [9.17, 15) is 4.79 Å². The molecule has 1 aromatic rings. The predicted molar refractivity (Wildman–Crippen MR) is 70.2 cm³/mol. The van der Waals surface area contributed by atoms with Gasteiger partial charge in [0.15, 0.2) is 0 Å². The Hall–Kier alpha value is -1.38. The van der Waals surface area contributed by atoms with Gasteiger partial charge in [-0.3, -0.25) is 9.78 Å². The van der Waals surface area contributed by atoms with Crippen molar-refractivity contribution >= 4 is 5.91 Å². The molecule has 0 atom stereocenters. The lowest BCUT2D eigenvalue weighted by atomic mass is 9.91. The monoisotopic (exact) mass is 234 g/mol. The lowest BCUT2D eigenvalue weighted by molar-refractivity contribution is 0.0919. The first-order chi connectivity index (χ1) is 7.59. The fourth-order valence-corrected chi connectivity index (χ4v) is 1.39. The number of carbonyl (C=O) groups is 1. The minimum absolute atomic E-state index is 0.0436. The molecule has 1 N–H and O–H groups in total. The van der Waals surface area contributed by atoms with Gasteiger partial charge in [-0.2, -0.15) is 0 Å². The molecule has 0 spiro atoms. The third-order valence-corrected chi connectivity index (χ3v) is 2.28. The molecular formula is C14H22N2O. The van der Waals surface area contributed by atoms with Crippen LogP contribution in [0.3, 0.4) is 0 Å². The smallest absolute Gasteiger partial charge is 0.251 e. The molecule has 0 fully saturated rings. The zero-order valence-electron chi connectivity index (χ0n) is 11.6. The largest absolute Gasteiger partial charge is 0.347 e. The minimum Gasteiger partial charge on any atom is -0.347 e. The number of amides is 1. The van der Waals surface area contributed by atoms with Crippen LogP contribution in [0, 0.1) is 0 Å². The van der Waals surface area contributed by atoms with Gasteiger partial charge in [0, 0.05) is 28.4 Å². The lowest BCUT2D eigenvalue weighted by Gasteiger charge is -2.22. The van der Waals surface area contributed by atoms with Gasteiger partial charge in [0.25, 0.3) is 5.91 Å². The van der Waals surface area contributed by atoms with Crippen molar-refractivity contribution in [3.63, 3.8) is 0 Å². The van der Waals surface area contributed by atoms with Gasteiger partial charge in [0.2, 0.25) is 0 Å². The van der Waals surface area contributed by atoms with E-state index < -0.39 is 0 Å². The van der Waals surface area contributed by atoms with Crippen molar-refractivity contribution in [2.45, 2.75) is 52.5 Å². The van der Waals surface area contributed by atoms with Gasteiger partial charge < -0.3 is 5.32 Å². The van der Waals surface area contributed by atoms with Crippen LogP contribution < -0.4 is 5.32 Å². The highest BCUT2D eigenvalue weighted by Gasteiger charge is 2.19. The molecule has 0 saturated heterocycles. The average Bonchev–Trinajstić information content (AvgIpc) is 2.14. The third kappa shape index (κ3) is 4.17. The molecule has 0 radical (unpaired) electrons. The second kappa shape index (κ2) is 4.47. The zero-order valence-corrected chi connectivity index (χ0v) is 11.6. The standard InChI is InChI=1S/C14H22N2O/c1-13(2,3)11-9-10(7-8-15-11)12(17)16-14(4,5)6/h7-9H,1-6H3,(H,16,17). The van der Waals surface area contributed by atoms with Crippen molar-refractivity contribution in [2.24, 2.45) is 0 Å². The number of pyridine rings is 1. The number of aromatic nitrogens is 1. The van der Waals surface area contributed by atoms with E-state index >= 15 is 0 Å². The normalized spacial score (nSPS) is 12.4. The van der Waals surface area contributed by atoms with Crippen LogP contribution in [0.5, 0.6) is 0 Å². The third-order valence-electron chi connectivity index (χ3n) is 2.28. The Morgan fingerprint density at radius 1 is 1.18 bits per heavy atom. The SMILES string of the molecule is CC(C)(C)NC(=O)c1ccnc(C(C)(C)C)c1. The number of nitrogens with one attached hydrogen (secondary N) is 1. The van der Waals surface area contributed by atoms with E-state index in [1.807, 2.05) is 26.8 Å². The van der Waals surface area contributed by atoms with Gasteiger partial charge >= 0.3 is 0 Å². The summed E-state index contributed by atoms with van der Waals surface area (Å²) in [6.45, 7) is 12.2. The second-order valence-corrected chi connectivity index (χ2v) is 6.38. The highest BCUT2D eigenvalue weighted by Crippen LogP contribution is 2.20. The summed E-state index contributed by atoms with van der Waals surface area (Å²) in [5.74, 6) is -0.0506. The molecule has 1 heterocycles. The maximum atomic E-state index is 12.0. The minimum atomic E-state index is -0.220. The number of rotatable bonds is 1. The Kier molecular flexibility index (Phi) is 3.60. The van der Waals surface area contributed by atoms with Crippen molar-refractivity contribution in [2.75, 3.05) is 0 Å². The Morgan fingerprint density at radius 2 is 1.76 bits per heavy atom. The fraction of sp³-hybridized carbons (Fsp3) is 0.571. The van der Waals surface area contributed by atoms with Gasteiger partial charge in [0.05, 0.1) is 0 Å². The van der Waals surface area contributed by atoms with Crippen LogP contribution >= 0.6 is 0 Å². The van der Waals surface area contributed by atoms with E-state index in [4.69, 9.17) is 0 Å². The molecule has 94 valence electrons. The summed E-state index contributed by atoms with van der Waals surface area (Å²) in [4.78, 5) is 16.3. The van der Waals surface area contributed by atoms with Crippen molar-refractivity contribution in [3.8, 4) is 0 Å². The number of nitrogens with zero attached hydrogens (tertiary/aromatic N) is 1. The molecule has 17 heavy (non-hydrogen) atoms. The number of hydrogen-bond acceptors (Lipinski definition) is 2. The molecule has 0 bridgehead atoms.